The van der Waals surface area contributed by atoms with E-state index in [2.05, 4.69) is 21.2 Å². The molecule has 0 radical (unpaired) electrons. The van der Waals surface area contributed by atoms with Crippen LogP contribution < -0.4 is 16.2 Å². The molecule has 1 aliphatic heterocycles. The number of carbonyl (C=O) groups is 1. The van der Waals surface area contributed by atoms with Gasteiger partial charge in [0.2, 0.25) is 15.9 Å². The first-order valence-corrected chi connectivity index (χ1v) is 8.09. The van der Waals surface area contributed by atoms with Crippen molar-refractivity contribution in [1.82, 2.24) is 0 Å². The van der Waals surface area contributed by atoms with Gasteiger partial charge in [0.25, 0.3) is 0 Å². The van der Waals surface area contributed by atoms with Gasteiger partial charge in [0, 0.05) is 10.5 Å². The fraction of sp³-hybridized carbons (Fsp3) is 0.364. The van der Waals surface area contributed by atoms with Gasteiger partial charge >= 0.3 is 0 Å². The molecule has 0 aromatic heterocycles. The first-order chi connectivity index (χ1) is 9.29. The van der Waals surface area contributed by atoms with E-state index in [-0.39, 0.29) is 23.5 Å². The summed E-state index contributed by atoms with van der Waals surface area (Å²) < 4.78 is 28.0. The van der Waals surface area contributed by atoms with Gasteiger partial charge < -0.3 is 15.8 Å². The van der Waals surface area contributed by atoms with Crippen LogP contribution in [-0.2, 0) is 19.6 Å². The Morgan fingerprint density at radius 1 is 1.40 bits per heavy atom. The van der Waals surface area contributed by atoms with E-state index in [1.54, 1.807) is 0 Å². The minimum atomic E-state index is -3.78. The number of sulfonamides is 1. The molecule has 0 saturated carbocycles. The van der Waals surface area contributed by atoms with Gasteiger partial charge in [-0.05, 0) is 34.1 Å². The van der Waals surface area contributed by atoms with Gasteiger partial charge in [-0.3, -0.25) is 4.79 Å². The van der Waals surface area contributed by atoms with Crippen molar-refractivity contribution in [2.75, 3.05) is 18.5 Å². The third-order valence-electron chi connectivity index (χ3n) is 2.99. The monoisotopic (exact) mass is 363 g/mol. The molecule has 5 N–H and O–H groups in total. The maximum Gasteiger partial charge on any atom is 0.238 e. The summed E-state index contributed by atoms with van der Waals surface area (Å²) in [5.41, 5.74) is 6.21. The number of ether oxygens (including phenoxy) is 1. The number of nitrogens with two attached hydrogens (primary N) is 2. The number of anilines is 1. The summed E-state index contributed by atoms with van der Waals surface area (Å²) in [4.78, 5) is 12.0. The number of benzene rings is 1. The molecule has 1 saturated heterocycles. The molecule has 110 valence electrons. The second-order valence-electron chi connectivity index (χ2n) is 4.48. The highest BCUT2D eigenvalue weighted by atomic mass is 79.9. The molecule has 1 heterocycles. The lowest BCUT2D eigenvalue weighted by atomic mass is 10.0. The van der Waals surface area contributed by atoms with Crippen LogP contribution in [0.3, 0.4) is 0 Å². The molecule has 20 heavy (non-hydrogen) atoms. The van der Waals surface area contributed by atoms with Gasteiger partial charge in [-0.2, -0.15) is 0 Å². The molecule has 1 fully saturated rings. The van der Waals surface area contributed by atoms with E-state index in [4.69, 9.17) is 15.6 Å². The van der Waals surface area contributed by atoms with Crippen molar-refractivity contribution in [2.45, 2.75) is 10.9 Å². The number of amides is 1. The summed E-state index contributed by atoms with van der Waals surface area (Å²) in [6, 6.07) is 3.78. The fourth-order valence-electron chi connectivity index (χ4n) is 1.84. The number of rotatable bonds is 3. The number of primary sulfonamides is 1. The van der Waals surface area contributed by atoms with Crippen LogP contribution in [0.5, 0.6) is 0 Å². The number of hydrogen-bond donors (Lipinski definition) is 3. The van der Waals surface area contributed by atoms with Crippen molar-refractivity contribution in [1.29, 1.82) is 0 Å². The summed E-state index contributed by atoms with van der Waals surface area (Å²) in [5.74, 6) is -0.682. The highest BCUT2D eigenvalue weighted by Gasteiger charge is 2.31. The van der Waals surface area contributed by atoms with Crippen LogP contribution >= 0.6 is 15.9 Å². The largest absolute Gasteiger partial charge is 0.379 e. The Morgan fingerprint density at radius 2 is 2.10 bits per heavy atom. The molecule has 9 heteroatoms. The average molecular weight is 364 g/mol. The molecular weight excluding hydrogens is 350 g/mol. The van der Waals surface area contributed by atoms with Gasteiger partial charge in [0.15, 0.2) is 0 Å². The lowest BCUT2D eigenvalue weighted by Crippen LogP contribution is -2.37. The van der Waals surface area contributed by atoms with Crippen LogP contribution in [0.2, 0.25) is 0 Å². The van der Waals surface area contributed by atoms with E-state index >= 15 is 0 Å². The highest BCUT2D eigenvalue weighted by Crippen LogP contribution is 2.26. The van der Waals surface area contributed by atoms with E-state index in [9.17, 15) is 13.2 Å². The van der Waals surface area contributed by atoms with Crippen molar-refractivity contribution in [2.24, 2.45) is 16.8 Å². The van der Waals surface area contributed by atoms with E-state index in [0.717, 1.165) is 0 Å². The molecule has 1 amide bonds. The van der Waals surface area contributed by atoms with Gasteiger partial charge in [-0.15, -0.1) is 0 Å². The van der Waals surface area contributed by atoms with Gasteiger partial charge in [0.05, 0.1) is 29.7 Å². The third kappa shape index (κ3) is 3.36. The third-order valence-corrected chi connectivity index (χ3v) is 4.56. The van der Waals surface area contributed by atoms with Crippen LogP contribution in [0.1, 0.15) is 0 Å². The highest BCUT2D eigenvalue weighted by molar-refractivity contribution is 9.10. The molecule has 1 aromatic carbocycles. The van der Waals surface area contributed by atoms with Gasteiger partial charge in [-0.1, -0.05) is 0 Å². The van der Waals surface area contributed by atoms with E-state index in [1.165, 1.54) is 18.2 Å². The molecular formula is C11H14BrN3O4S. The zero-order chi connectivity index (χ0) is 14.9. The lowest BCUT2D eigenvalue weighted by molar-refractivity contribution is -0.120. The lowest BCUT2D eigenvalue weighted by Gasteiger charge is -2.14. The number of nitrogens with one attached hydrogen (secondary N) is 1. The van der Waals surface area contributed by atoms with Crippen molar-refractivity contribution >= 4 is 37.5 Å². The van der Waals surface area contributed by atoms with Crippen LogP contribution in [-0.4, -0.2) is 33.6 Å². The van der Waals surface area contributed by atoms with E-state index < -0.39 is 15.9 Å². The summed E-state index contributed by atoms with van der Waals surface area (Å²) in [6.07, 6.45) is 0. The number of hydrogen-bond acceptors (Lipinski definition) is 5. The first-order valence-electron chi connectivity index (χ1n) is 5.75. The molecule has 2 unspecified atom stereocenters. The standard InChI is InChI=1S/C11H14BrN3O4S/c12-8-3-6(20(14,17)18)1-2-10(8)15-11(16)7-4-19-5-9(7)13/h1-3,7,9H,4-5,13H2,(H,15,16)(H2,14,17,18). The van der Waals surface area contributed by atoms with Crippen LogP contribution in [0.25, 0.3) is 0 Å². The van der Waals surface area contributed by atoms with Crippen molar-refractivity contribution in [3.05, 3.63) is 22.7 Å². The summed E-state index contributed by atoms with van der Waals surface area (Å²) in [7, 11) is -3.78. The van der Waals surface area contributed by atoms with Crippen molar-refractivity contribution < 1.29 is 17.9 Å². The number of carbonyl (C=O) groups excluding carboxylic acids is 1. The molecule has 1 aromatic rings. The molecule has 1 aliphatic rings. The minimum Gasteiger partial charge on any atom is -0.379 e. The predicted molar refractivity (Wildman–Crippen MR) is 76.4 cm³/mol. The van der Waals surface area contributed by atoms with Crippen LogP contribution in [0.15, 0.2) is 27.6 Å². The Kier molecular flexibility index (Phi) is 4.45. The quantitative estimate of drug-likeness (QED) is 0.697. The fourth-order valence-corrected chi connectivity index (χ4v) is 3.01. The zero-order valence-corrected chi connectivity index (χ0v) is 12.8. The molecule has 2 rings (SSSR count). The molecule has 2 atom stereocenters. The maximum absolute atomic E-state index is 12.0. The Labute approximate surface area is 124 Å². The van der Waals surface area contributed by atoms with E-state index in [1.807, 2.05) is 0 Å². The Morgan fingerprint density at radius 3 is 2.60 bits per heavy atom. The predicted octanol–water partition coefficient (Wildman–Crippen LogP) is 0.00870. The van der Waals surface area contributed by atoms with Gasteiger partial charge in [-0.25, -0.2) is 13.6 Å². The van der Waals surface area contributed by atoms with Gasteiger partial charge in [0.1, 0.15) is 0 Å². The summed E-state index contributed by atoms with van der Waals surface area (Å²) in [6.45, 7) is 0.628. The summed E-state index contributed by atoms with van der Waals surface area (Å²) >= 11 is 3.19. The first kappa shape index (κ1) is 15.4. The molecule has 0 spiro atoms. The van der Waals surface area contributed by atoms with Crippen molar-refractivity contribution in [3.8, 4) is 0 Å². The van der Waals surface area contributed by atoms with Crippen molar-refractivity contribution in [3.63, 3.8) is 0 Å². The summed E-state index contributed by atoms with van der Waals surface area (Å²) in [5, 5.41) is 7.71. The van der Waals surface area contributed by atoms with Crippen LogP contribution in [0.4, 0.5) is 5.69 Å². The zero-order valence-electron chi connectivity index (χ0n) is 10.4. The molecule has 0 aliphatic carbocycles. The second kappa shape index (κ2) is 5.78. The smallest absolute Gasteiger partial charge is 0.238 e. The number of halogens is 1. The Hall–Kier alpha value is -1.00. The Balaban J connectivity index is 2.16. The molecule has 0 bridgehead atoms. The average Bonchev–Trinajstić information content (AvgIpc) is 2.76. The minimum absolute atomic E-state index is 0.0386. The Bertz CT molecular complexity index is 635. The maximum atomic E-state index is 12.0. The topological polar surface area (TPSA) is 125 Å². The van der Waals surface area contributed by atoms with Crippen LogP contribution in [0, 0.1) is 5.92 Å². The van der Waals surface area contributed by atoms with E-state index in [0.29, 0.717) is 16.8 Å². The normalized spacial score (nSPS) is 22.8. The second-order valence-corrected chi connectivity index (χ2v) is 6.90. The SMILES string of the molecule is NC1COCC1C(=O)Nc1ccc(S(N)(=O)=O)cc1Br. The molecule has 7 nitrogen and oxygen atoms in total.